The quantitative estimate of drug-likeness (QED) is 0.942. The molecular formula is C18H16N2O2. The Morgan fingerprint density at radius 1 is 1.23 bits per heavy atom. The molecule has 0 aromatic heterocycles. The summed E-state index contributed by atoms with van der Waals surface area (Å²) < 4.78 is 5.62. The van der Waals surface area contributed by atoms with E-state index in [1.807, 2.05) is 24.3 Å². The number of nitriles is 1. The van der Waals surface area contributed by atoms with Gasteiger partial charge in [-0.05, 0) is 36.1 Å². The van der Waals surface area contributed by atoms with E-state index in [4.69, 9.17) is 10.00 Å². The third-order valence-electron chi connectivity index (χ3n) is 3.84. The lowest BCUT2D eigenvalue weighted by molar-refractivity contribution is -0.116. The molecule has 1 amide bonds. The lowest BCUT2D eigenvalue weighted by Gasteiger charge is -2.25. The van der Waals surface area contributed by atoms with Crippen molar-refractivity contribution in [3.8, 4) is 11.8 Å². The van der Waals surface area contributed by atoms with Crippen molar-refractivity contribution < 1.29 is 9.53 Å². The van der Waals surface area contributed by atoms with Gasteiger partial charge in [-0.2, -0.15) is 5.26 Å². The molecule has 1 aliphatic heterocycles. The van der Waals surface area contributed by atoms with E-state index < -0.39 is 0 Å². The minimum Gasteiger partial charge on any atom is -0.493 e. The van der Waals surface area contributed by atoms with Crippen LogP contribution in [0.25, 0.3) is 0 Å². The smallest absolute Gasteiger partial charge is 0.225 e. The first-order valence-electron chi connectivity index (χ1n) is 7.28. The highest BCUT2D eigenvalue weighted by Crippen LogP contribution is 2.35. The molecule has 1 atom stereocenters. The van der Waals surface area contributed by atoms with Crippen LogP contribution in [0.1, 0.15) is 29.9 Å². The molecule has 110 valence electrons. The molecule has 0 bridgehead atoms. The van der Waals surface area contributed by atoms with Crippen molar-refractivity contribution in [2.45, 2.75) is 18.8 Å². The summed E-state index contributed by atoms with van der Waals surface area (Å²) in [6.45, 7) is 0.629. The summed E-state index contributed by atoms with van der Waals surface area (Å²) in [5, 5.41) is 11.9. The molecule has 0 aliphatic carbocycles. The van der Waals surface area contributed by atoms with E-state index in [0.717, 1.165) is 17.7 Å². The van der Waals surface area contributed by atoms with Crippen LogP contribution < -0.4 is 10.1 Å². The number of carbonyl (C=O) groups is 1. The fraction of sp³-hybridized carbons (Fsp3) is 0.222. The van der Waals surface area contributed by atoms with E-state index >= 15 is 0 Å². The van der Waals surface area contributed by atoms with Crippen molar-refractivity contribution >= 4 is 11.6 Å². The Hall–Kier alpha value is -2.80. The topological polar surface area (TPSA) is 62.1 Å². The molecule has 4 heteroatoms. The number of nitrogens with one attached hydrogen (secondary N) is 1. The highest BCUT2D eigenvalue weighted by atomic mass is 16.5. The second kappa shape index (κ2) is 6.31. The number of fused-ring (bicyclic) bond motifs is 1. The maximum Gasteiger partial charge on any atom is 0.225 e. The summed E-state index contributed by atoms with van der Waals surface area (Å²) in [7, 11) is 0. The van der Waals surface area contributed by atoms with E-state index in [2.05, 4.69) is 11.4 Å². The molecule has 1 unspecified atom stereocenters. The van der Waals surface area contributed by atoms with Gasteiger partial charge in [0, 0.05) is 6.42 Å². The van der Waals surface area contributed by atoms with Crippen molar-refractivity contribution in [3.05, 3.63) is 59.7 Å². The normalized spacial score (nSPS) is 16.0. The lowest BCUT2D eigenvalue weighted by Crippen LogP contribution is -2.21. The molecule has 1 aliphatic rings. The fourth-order valence-corrected chi connectivity index (χ4v) is 2.74. The van der Waals surface area contributed by atoms with Gasteiger partial charge in [0.1, 0.15) is 11.8 Å². The number of nitrogens with zero attached hydrogens (tertiary/aromatic N) is 1. The van der Waals surface area contributed by atoms with Gasteiger partial charge in [-0.15, -0.1) is 0 Å². The van der Waals surface area contributed by atoms with E-state index in [-0.39, 0.29) is 11.8 Å². The van der Waals surface area contributed by atoms with Crippen LogP contribution in [0.3, 0.4) is 0 Å². The van der Waals surface area contributed by atoms with Gasteiger partial charge in [-0.3, -0.25) is 4.79 Å². The Labute approximate surface area is 129 Å². The number of anilines is 1. The predicted molar refractivity (Wildman–Crippen MR) is 83.7 cm³/mol. The number of rotatable bonds is 3. The molecular weight excluding hydrogens is 276 g/mol. The highest BCUT2D eigenvalue weighted by molar-refractivity contribution is 5.92. The number of carbonyl (C=O) groups excluding carboxylic acids is 1. The molecule has 2 aromatic carbocycles. The zero-order chi connectivity index (χ0) is 15.4. The Kier molecular flexibility index (Phi) is 4.06. The molecule has 0 saturated carbocycles. The number of ether oxygens (including phenoxy) is 1. The highest BCUT2D eigenvalue weighted by Gasteiger charge is 2.23. The number of para-hydroxylation sites is 2. The third kappa shape index (κ3) is 2.94. The summed E-state index contributed by atoms with van der Waals surface area (Å²) in [5.41, 5.74) is 2.12. The maximum absolute atomic E-state index is 12.3. The third-order valence-corrected chi connectivity index (χ3v) is 3.84. The summed E-state index contributed by atoms with van der Waals surface area (Å²) >= 11 is 0. The zero-order valence-corrected chi connectivity index (χ0v) is 12.1. The van der Waals surface area contributed by atoms with Crippen molar-refractivity contribution in [1.82, 2.24) is 0 Å². The van der Waals surface area contributed by atoms with Gasteiger partial charge < -0.3 is 10.1 Å². The Bertz CT molecular complexity index is 734. The number of hydrogen-bond acceptors (Lipinski definition) is 3. The summed E-state index contributed by atoms with van der Waals surface area (Å²) in [6, 6.07) is 17.0. The number of amides is 1. The van der Waals surface area contributed by atoms with Gasteiger partial charge in [-0.1, -0.05) is 30.3 Å². The molecule has 0 spiro atoms. The first kappa shape index (κ1) is 14.2. The second-order valence-electron chi connectivity index (χ2n) is 5.28. The van der Waals surface area contributed by atoms with E-state index in [1.54, 1.807) is 24.3 Å². The molecule has 1 N–H and O–H groups in total. The van der Waals surface area contributed by atoms with E-state index in [1.165, 1.54) is 0 Å². The van der Waals surface area contributed by atoms with Crippen LogP contribution in [0.5, 0.6) is 5.75 Å². The molecule has 4 nitrogen and oxygen atoms in total. The van der Waals surface area contributed by atoms with E-state index in [9.17, 15) is 4.79 Å². The molecule has 2 aromatic rings. The molecule has 22 heavy (non-hydrogen) atoms. The first-order valence-corrected chi connectivity index (χ1v) is 7.28. The van der Waals surface area contributed by atoms with Crippen LogP contribution in [0.15, 0.2) is 48.5 Å². The van der Waals surface area contributed by atoms with Gasteiger partial charge in [0.15, 0.2) is 0 Å². The Morgan fingerprint density at radius 3 is 2.86 bits per heavy atom. The lowest BCUT2D eigenvalue weighted by atomic mass is 9.90. The number of benzene rings is 2. The Balaban J connectivity index is 1.72. The van der Waals surface area contributed by atoms with Crippen LogP contribution in [-0.2, 0) is 4.79 Å². The van der Waals surface area contributed by atoms with Gasteiger partial charge >= 0.3 is 0 Å². The second-order valence-corrected chi connectivity index (χ2v) is 5.28. The first-order chi connectivity index (χ1) is 10.8. The minimum atomic E-state index is -0.0793. The van der Waals surface area contributed by atoms with Crippen LogP contribution in [0.4, 0.5) is 5.69 Å². The predicted octanol–water partition coefficient (Wildman–Crippen LogP) is 3.45. The zero-order valence-electron chi connectivity index (χ0n) is 12.1. The summed E-state index contributed by atoms with van der Waals surface area (Å²) in [6.07, 6.45) is 1.21. The molecule has 0 radical (unpaired) electrons. The molecule has 3 rings (SSSR count). The maximum atomic E-state index is 12.3. The standard InChI is InChI=1S/C18H16N2O2/c19-12-14-5-1-3-7-16(14)20-18(21)11-13-9-10-22-17-8-4-2-6-15(13)17/h1-8,13H,9-11H2,(H,20,21). The van der Waals surface area contributed by atoms with E-state index in [0.29, 0.717) is 24.3 Å². The van der Waals surface area contributed by atoms with Crippen molar-refractivity contribution in [3.63, 3.8) is 0 Å². The minimum absolute atomic E-state index is 0.0793. The van der Waals surface area contributed by atoms with Gasteiger partial charge in [0.2, 0.25) is 5.91 Å². The van der Waals surface area contributed by atoms with Crippen LogP contribution >= 0.6 is 0 Å². The average molecular weight is 292 g/mol. The summed E-state index contributed by atoms with van der Waals surface area (Å²) in [5.74, 6) is 0.938. The molecule has 0 saturated heterocycles. The fourth-order valence-electron chi connectivity index (χ4n) is 2.74. The molecule has 0 fully saturated rings. The molecule has 1 heterocycles. The van der Waals surface area contributed by atoms with Crippen molar-refractivity contribution in [2.75, 3.05) is 11.9 Å². The SMILES string of the molecule is N#Cc1ccccc1NC(=O)CC1CCOc2ccccc21. The summed E-state index contributed by atoms with van der Waals surface area (Å²) in [4.78, 5) is 12.3. The van der Waals surface area contributed by atoms with Crippen molar-refractivity contribution in [2.24, 2.45) is 0 Å². The monoisotopic (exact) mass is 292 g/mol. The van der Waals surface area contributed by atoms with Crippen LogP contribution in [-0.4, -0.2) is 12.5 Å². The number of hydrogen-bond donors (Lipinski definition) is 1. The van der Waals surface area contributed by atoms with Gasteiger partial charge in [0.05, 0.1) is 17.9 Å². The average Bonchev–Trinajstić information content (AvgIpc) is 2.55. The van der Waals surface area contributed by atoms with Crippen molar-refractivity contribution in [1.29, 1.82) is 5.26 Å². The van der Waals surface area contributed by atoms with Crippen LogP contribution in [0.2, 0.25) is 0 Å². The van der Waals surface area contributed by atoms with Gasteiger partial charge in [0.25, 0.3) is 0 Å². The largest absolute Gasteiger partial charge is 0.493 e. The van der Waals surface area contributed by atoms with Crippen LogP contribution in [0, 0.1) is 11.3 Å². The Morgan fingerprint density at radius 2 is 2.00 bits per heavy atom. The van der Waals surface area contributed by atoms with Gasteiger partial charge in [-0.25, -0.2) is 0 Å².